The first-order valence-electron chi connectivity index (χ1n) is 5.55. The molecule has 0 unspecified atom stereocenters. The second-order valence-electron chi connectivity index (χ2n) is 5.56. The predicted molar refractivity (Wildman–Crippen MR) is 65.7 cm³/mol. The number of benzene rings is 1. The standard InChI is InChI=1S/C13H16N2O2/c1-13(2,3)7-15-11(16)9-5-4-8(14)6-10(9)12(15)17/h4-6H,7,14H2,1-3H3. The van der Waals surface area contributed by atoms with Crippen LogP contribution in [0.4, 0.5) is 5.69 Å². The molecule has 2 rings (SSSR count). The van der Waals surface area contributed by atoms with E-state index >= 15 is 0 Å². The molecule has 1 aromatic rings. The number of amides is 2. The summed E-state index contributed by atoms with van der Waals surface area (Å²) in [4.78, 5) is 25.4. The van der Waals surface area contributed by atoms with Crippen LogP contribution in [0, 0.1) is 5.41 Å². The van der Waals surface area contributed by atoms with Crippen molar-refractivity contribution in [3.05, 3.63) is 29.3 Å². The van der Waals surface area contributed by atoms with Gasteiger partial charge in [-0.1, -0.05) is 20.8 Å². The summed E-state index contributed by atoms with van der Waals surface area (Å²) in [5, 5.41) is 0. The Morgan fingerprint density at radius 2 is 1.71 bits per heavy atom. The lowest BCUT2D eigenvalue weighted by Crippen LogP contribution is -2.37. The molecule has 0 spiro atoms. The maximum atomic E-state index is 12.1. The van der Waals surface area contributed by atoms with E-state index in [1.165, 1.54) is 4.90 Å². The molecule has 2 N–H and O–H groups in total. The van der Waals surface area contributed by atoms with Crippen molar-refractivity contribution in [1.82, 2.24) is 4.90 Å². The smallest absolute Gasteiger partial charge is 0.261 e. The molecule has 0 bridgehead atoms. The van der Waals surface area contributed by atoms with Gasteiger partial charge in [-0.25, -0.2) is 0 Å². The number of nitrogens with zero attached hydrogens (tertiary/aromatic N) is 1. The van der Waals surface area contributed by atoms with Gasteiger partial charge in [0.25, 0.3) is 11.8 Å². The number of imide groups is 1. The molecule has 1 aliphatic heterocycles. The maximum Gasteiger partial charge on any atom is 0.261 e. The van der Waals surface area contributed by atoms with E-state index in [9.17, 15) is 9.59 Å². The van der Waals surface area contributed by atoms with E-state index in [0.29, 0.717) is 23.4 Å². The Kier molecular flexibility index (Phi) is 2.45. The van der Waals surface area contributed by atoms with E-state index in [1.807, 2.05) is 20.8 Å². The third-order valence-electron chi connectivity index (χ3n) is 2.63. The minimum Gasteiger partial charge on any atom is -0.399 e. The Morgan fingerprint density at radius 1 is 1.12 bits per heavy atom. The van der Waals surface area contributed by atoms with Gasteiger partial charge in [0.1, 0.15) is 0 Å². The molecule has 4 nitrogen and oxygen atoms in total. The summed E-state index contributed by atoms with van der Waals surface area (Å²) in [6.45, 7) is 6.39. The molecule has 0 aromatic heterocycles. The van der Waals surface area contributed by atoms with Crippen LogP contribution < -0.4 is 5.73 Å². The van der Waals surface area contributed by atoms with E-state index in [2.05, 4.69) is 0 Å². The zero-order valence-corrected chi connectivity index (χ0v) is 10.3. The highest BCUT2D eigenvalue weighted by molar-refractivity contribution is 6.21. The number of fused-ring (bicyclic) bond motifs is 1. The van der Waals surface area contributed by atoms with Gasteiger partial charge in [-0.3, -0.25) is 14.5 Å². The normalized spacial score (nSPS) is 15.4. The Labute approximate surface area is 100 Å². The summed E-state index contributed by atoms with van der Waals surface area (Å²) >= 11 is 0. The highest BCUT2D eigenvalue weighted by Crippen LogP contribution is 2.27. The van der Waals surface area contributed by atoms with E-state index in [1.54, 1.807) is 18.2 Å². The SMILES string of the molecule is CC(C)(C)CN1C(=O)c2ccc(N)cc2C1=O. The fraction of sp³-hybridized carbons (Fsp3) is 0.385. The lowest BCUT2D eigenvalue weighted by atomic mass is 9.96. The molecule has 4 heteroatoms. The minimum atomic E-state index is -0.243. The van der Waals surface area contributed by atoms with Gasteiger partial charge in [0.05, 0.1) is 11.1 Å². The number of hydrogen-bond donors (Lipinski definition) is 1. The molecular weight excluding hydrogens is 216 g/mol. The van der Waals surface area contributed by atoms with Gasteiger partial charge < -0.3 is 5.73 Å². The van der Waals surface area contributed by atoms with Crippen molar-refractivity contribution in [2.75, 3.05) is 12.3 Å². The molecule has 2 amide bonds. The maximum absolute atomic E-state index is 12.1. The summed E-state index contributed by atoms with van der Waals surface area (Å²) in [5.74, 6) is -0.466. The van der Waals surface area contributed by atoms with E-state index < -0.39 is 0 Å². The zero-order chi connectivity index (χ0) is 12.8. The van der Waals surface area contributed by atoms with Crippen molar-refractivity contribution >= 4 is 17.5 Å². The Bertz CT molecular complexity index is 501. The predicted octanol–water partition coefficient (Wildman–Crippen LogP) is 1.91. The highest BCUT2D eigenvalue weighted by Gasteiger charge is 2.37. The largest absolute Gasteiger partial charge is 0.399 e. The summed E-state index contributed by atoms with van der Waals surface area (Å²) in [5.41, 5.74) is 6.89. The minimum absolute atomic E-state index is 0.112. The number of anilines is 1. The van der Waals surface area contributed by atoms with Crippen molar-refractivity contribution in [3.63, 3.8) is 0 Å². The number of carbonyl (C=O) groups is 2. The van der Waals surface area contributed by atoms with Gasteiger partial charge in [-0.2, -0.15) is 0 Å². The quantitative estimate of drug-likeness (QED) is 0.594. The van der Waals surface area contributed by atoms with E-state index in [-0.39, 0.29) is 17.2 Å². The fourth-order valence-corrected chi connectivity index (χ4v) is 1.93. The van der Waals surface area contributed by atoms with E-state index in [4.69, 9.17) is 5.73 Å². The number of nitrogen functional groups attached to an aromatic ring is 1. The van der Waals surface area contributed by atoms with Crippen LogP contribution in [0.1, 0.15) is 41.5 Å². The second-order valence-corrected chi connectivity index (χ2v) is 5.56. The van der Waals surface area contributed by atoms with Crippen LogP contribution in [0.5, 0.6) is 0 Å². The Hall–Kier alpha value is -1.84. The summed E-state index contributed by atoms with van der Waals surface area (Å²) < 4.78 is 0. The van der Waals surface area contributed by atoms with Crippen LogP contribution in [0.3, 0.4) is 0 Å². The number of rotatable bonds is 1. The van der Waals surface area contributed by atoms with Crippen LogP contribution in [0.25, 0.3) is 0 Å². The second kappa shape index (κ2) is 3.58. The van der Waals surface area contributed by atoms with Crippen LogP contribution in [-0.4, -0.2) is 23.3 Å². The van der Waals surface area contributed by atoms with Gasteiger partial charge in [0, 0.05) is 12.2 Å². The number of nitrogens with two attached hydrogens (primary N) is 1. The van der Waals surface area contributed by atoms with E-state index in [0.717, 1.165) is 0 Å². The van der Waals surface area contributed by atoms with Gasteiger partial charge in [-0.15, -0.1) is 0 Å². The highest BCUT2D eigenvalue weighted by atomic mass is 16.2. The molecule has 0 saturated heterocycles. The van der Waals surface area contributed by atoms with Crippen molar-refractivity contribution < 1.29 is 9.59 Å². The lowest BCUT2D eigenvalue weighted by Gasteiger charge is -2.24. The molecule has 1 heterocycles. The Balaban J connectivity index is 2.39. The van der Waals surface area contributed by atoms with Crippen molar-refractivity contribution in [1.29, 1.82) is 0 Å². The summed E-state index contributed by atoms with van der Waals surface area (Å²) in [6, 6.07) is 4.83. The first kappa shape index (κ1) is 11.6. The van der Waals surface area contributed by atoms with Crippen molar-refractivity contribution in [3.8, 4) is 0 Å². The molecule has 90 valence electrons. The molecule has 0 fully saturated rings. The fourth-order valence-electron chi connectivity index (χ4n) is 1.93. The lowest BCUT2D eigenvalue weighted by molar-refractivity contribution is 0.0600. The Morgan fingerprint density at radius 3 is 2.29 bits per heavy atom. The van der Waals surface area contributed by atoms with Gasteiger partial charge >= 0.3 is 0 Å². The summed E-state index contributed by atoms with van der Waals surface area (Å²) in [6.07, 6.45) is 0. The molecule has 0 radical (unpaired) electrons. The third-order valence-corrected chi connectivity index (χ3v) is 2.63. The van der Waals surface area contributed by atoms with Crippen LogP contribution in [0.2, 0.25) is 0 Å². The first-order chi connectivity index (χ1) is 7.79. The van der Waals surface area contributed by atoms with Crippen molar-refractivity contribution in [2.45, 2.75) is 20.8 Å². The van der Waals surface area contributed by atoms with Crippen LogP contribution in [-0.2, 0) is 0 Å². The zero-order valence-electron chi connectivity index (χ0n) is 10.3. The average molecular weight is 232 g/mol. The molecule has 0 aliphatic carbocycles. The molecule has 0 saturated carbocycles. The molecule has 17 heavy (non-hydrogen) atoms. The van der Waals surface area contributed by atoms with Gasteiger partial charge in [-0.05, 0) is 23.6 Å². The average Bonchev–Trinajstić information content (AvgIpc) is 2.42. The molecule has 0 atom stereocenters. The topological polar surface area (TPSA) is 63.4 Å². The number of hydrogen-bond acceptors (Lipinski definition) is 3. The molecular formula is C13H16N2O2. The summed E-state index contributed by atoms with van der Waals surface area (Å²) in [7, 11) is 0. The van der Waals surface area contributed by atoms with Gasteiger partial charge in [0.15, 0.2) is 0 Å². The first-order valence-corrected chi connectivity index (χ1v) is 5.55. The molecule has 1 aromatic carbocycles. The van der Waals surface area contributed by atoms with Crippen molar-refractivity contribution in [2.24, 2.45) is 5.41 Å². The van der Waals surface area contributed by atoms with Crippen LogP contribution in [0.15, 0.2) is 18.2 Å². The monoisotopic (exact) mass is 232 g/mol. The molecule has 1 aliphatic rings. The van der Waals surface area contributed by atoms with Crippen LogP contribution >= 0.6 is 0 Å². The number of carbonyl (C=O) groups excluding carboxylic acids is 2. The van der Waals surface area contributed by atoms with Gasteiger partial charge in [0.2, 0.25) is 0 Å². The third kappa shape index (κ3) is 2.02.